The molecule has 0 aliphatic carbocycles. The van der Waals surface area contributed by atoms with E-state index in [0.29, 0.717) is 5.92 Å². The molecule has 0 amide bonds. The zero-order valence-electron chi connectivity index (χ0n) is 9.79. The van der Waals surface area contributed by atoms with Crippen LogP contribution in [0.2, 0.25) is 0 Å². The molecule has 1 fully saturated rings. The second-order valence-corrected chi connectivity index (χ2v) is 4.84. The van der Waals surface area contributed by atoms with Crippen LogP contribution in [0, 0.1) is 6.92 Å². The quantitative estimate of drug-likeness (QED) is 0.795. The first-order valence-electron chi connectivity index (χ1n) is 6.05. The Balaban J connectivity index is 1.94. The standard InChI is InChI=1S/C14H21N/c1-11-5-7-13(8-6-11)12(2)10-14-4-3-9-15-14/h5-8,12,14-15H,3-4,9-10H2,1-2H3. The van der Waals surface area contributed by atoms with Gasteiger partial charge in [-0.1, -0.05) is 36.8 Å². The van der Waals surface area contributed by atoms with Crippen molar-refractivity contribution in [2.45, 2.75) is 45.1 Å². The summed E-state index contributed by atoms with van der Waals surface area (Å²) in [4.78, 5) is 0. The van der Waals surface area contributed by atoms with Crippen LogP contribution < -0.4 is 5.32 Å². The summed E-state index contributed by atoms with van der Waals surface area (Å²) in [6.45, 7) is 5.70. The van der Waals surface area contributed by atoms with Crippen molar-refractivity contribution in [2.24, 2.45) is 0 Å². The van der Waals surface area contributed by atoms with Crippen molar-refractivity contribution in [2.75, 3.05) is 6.54 Å². The molecule has 1 aliphatic rings. The van der Waals surface area contributed by atoms with Crippen LogP contribution in [0.3, 0.4) is 0 Å². The molecule has 1 aromatic rings. The highest BCUT2D eigenvalue weighted by atomic mass is 14.9. The third-order valence-corrected chi connectivity index (χ3v) is 3.45. The molecule has 1 N–H and O–H groups in total. The van der Waals surface area contributed by atoms with Crippen molar-refractivity contribution in [1.29, 1.82) is 0 Å². The fourth-order valence-corrected chi connectivity index (χ4v) is 2.42. The van der Waals surface area contributed by atoms with Crippen LogP contribution in [-0.4, -0.2) is 12.6 Å². The molecular weight excluding hydrogens is 182 g/mol. The van der Waals surface area contributed by atoms with Crippen LogP contribution in [-0.2, 0) is 0 Å². The molecule has 1 aliphatic heterocycles. The molecule has 15 heavy (non-hydrogen) atoms. The van der Waals surface area contributed by atoms with Crippen molar-refractivity contribution < 1.29 is 0 Å². The molecule has 1 saturated heterocycles. The Morgan fingerprint density at radius 2 is 2.07 bits per heavy atom. The summed E-state index contributed by atoms with van der Waals surface area (Å²) < 4.78 is 0. The van der Waals surface area contributed by atoms with Gasteiger partial charge in [-0.2, -0.15) is 0 Å². The zero-order chi connectivity index (χ0) is 10.7. The number of rotatable bonds is 3. The van der Waals surface area contributed by atoms with Gasteiger partial charge in [0.05, 0.1) is 0 Å². The van der Waals surface area contributed by atoms with Crippen molar-refractivity contribution in [1.82, 2.24) is 5.32 Å². The van der Waals surface area contributed by atoms with Gasteiger partial charge >= 0.3 is 0 Å². The molecule has 0 radical (unpaired) electrons. The summed E-state index contributed by atoms with van der Waals surface area (Å²) in [5.74, 6) is 0.682. The van der Waals surface area contributed by atoms with Gasteiger partial charge in [-0.05, 0) is 44.2 Å². The lowest BCUT2D eigenvalue weighted by Gasteiger charge is -2.17. The summed E-state index contributed by atoms with van der Waals surface area (Å²) in [6.07, 6.45) is 3.99. The minimum Gasteiger partial charge on any atom is -0.314 e. The van der Waals surface area contributed by atoms with Gasteiger partial charge in [0, 0.05) is 6.04 Å². The van der Waals surface area contributed by atoms with Gasteiger partial charge in [0.1, 0.15) is 0 Å². The van der Waals surface area contributed by atoms with E-state index in [2.05, 4.69) is 43.4 Å². The normalized spacial score (nSPS) is 22.9. The lowest BCUT2D eigenvalue weighted by molar-refractivity contribution is 0.510. The van der Waals surface area contributed by atoms with Crippen LogP contribution >= 0.6 is 0 Å². The molecule has 2 atom stereocenters. The van der Waals surface area contributed by atoms with E-state index in [-0.39, 0.29) is 0 Å². The summed E-state index contributed by atoms with van der Waals surface area (Å²) in [7, 11) is 0. The average molecular weight is 203 g/mol. The zero-order valence-corrected chi connectivity index (χ0v) is 9.79. The Bertz CT molecular complexity index is 296. The van der Waals surface area contributed by atoms with E-state index >= 15 is 0 Å². The Hall–Kier alpha value is -0.820. The predicted molar refractivity (Wildman–Crippen MR) is 65.2 cm³/mol. The lowest BCUT2D eigenvalue weighted by atomic mass is 9.93. The lowest BCUT2D eigenvalue weighted by Crippen LogP contribution is -2.23. The smallest absolute Gasteiger partial charge is 0.00732 e. The Kier molecular flexibility index (Phi) is 3.42. The van der Waals surface area contributed by atoms with Gasteiger partial charge < -0.3 is 5.32 Å². The average Bonchev–Trinajstić information content (AvgIpc) is 2.71. The number of aryl methyl sites for hydroxylation is 1. The first-order valence-corrected chi connectivity index (χ1v) is 6.05. The summed E-state index contributed by atoms with van der Waals surface area (Å²) in [5, 5.41) is 3.57. The number of hydrogen-bond acceptors (Lipinski definition) is 1. The molecule has 0 bridgehead atoms. The SMILES string of the molecule is Cc1ccc(C(C)CC2CCCN2)cc1. The fourth-order valence-electron chi connectivity index (χ4n) is 2.42. The van der Waals surface area contributed by atoms with Crippen molar-refractivity contribution in [3.63, 3.8) is 0 Å². The third-order valence-electron chi connectivity index (χ3n) is 3.45. The summed E-state index contributed by atoms with van der Waals surface area (Å²) in [5.41, 5.74) is 2.83. The van der Waals surface area contributed by atoms with E-state index in [1.165, 1.54) is 36.9 Å². The largest absolute Gasteiger partial charge is 0.314 e. The fraction of sp³-hybridized carbons (Fsp3) is 0.571. The second kappa shape index (κ2) is 4.80. The molecule has 0 saturated carbocycles. The summed E-state index contributed by atoms with van der Waals surface area (Å²) >= 11 is 0. The molecule has 82 valence electrons. The van der Waals surface area contributed by atoms with E-state index in [1.807, 2.05) is 0 Å². The highest BCUT2D eigenvalue weighted by Crippen LogP contribution is 2.23. The van der Waals surface area contributed by atoms with Crippen LogP contribution in [0.1, 0.15) is 43.2 Å². The highest BCUT2D eigenvalue weighted by Gasteiger charge is 2.17. The first kappa shape index (κ1) is 10.7. The van der Waals surface area contributed by atoms with Gasteiger partial charge in [0.15, 0.2) is 0 Å². The molecular formula is C14H21N. The van der Waals surface area contributed by atoms with Gasteiger partial charge in [-0.3, -0.25) is 0 Å². The Labute approximate surface area is 92.9 Å². The van der Waals surface area contributed by atoms with Crippen molar-refractivity contribution >= 4 is 0 Å². The second-order valence-electron chi connectivity index (χ2n) is 4.84. The first-order chi connectivity index (χ1) is 7.25. The maximum atomic E-state index is 3.57. The van der Waals surface area contributed by atoms with E-state index < -0.39 is 0 Å². The van der Waals surface area contributed by atoms with E-state index in [9.17, 15) is 0 Å². The molecule has 0 spiro atoms. The minimum absolute atomic E-state index is 0.682. The third kappa shape index (κ3) is 2.82. The molecule has 0 aromatic heterocycles. The van der Waals surface area contributed by atoms with Gasteiger partial charge in [-0.25, -0.2) is 0 Å². The molecule has 1 heterocycles. The molecule has 1 nitrogen and oxygen atoms in total. The van der Waals surface area contributed by atoms with Crippen LogP contribution in [0.4, 0.5) is 0 Å². The molecule has 1 aromatic carbocycles. The van der Waals surface area contributed by atoms with Crippen LogP contribution in [0.25, 0.3) is 0 Å². The maximum absolute atomic E-state index is 3.57. The number of benzene rings is 1. The monoisotopic (exact) mass is 203 g/mol. The van der Waals surface area contributed by atoms with Gasteiger partial charge in [0.2, 0.25) is 0 Å². The maximum Gasteiger partial charge on any atom is 0.00732 e. The Morgan fingerprint density at radius 1 is 1.33 bits per heavy atom. The minimum atomic E-state index is 0.682. The van der Waals surface area contributed by atoms with Gasteiger partial charge in [-0.15, -0.1) is 0 Å². The molecule has 1 heteroatoms. The Morgan fingerprint density at radius 3 is 2.67 bits per heavy atom. The predicted octanol–water partition coefficient (Wildman–Crippen LogP) is 3.24. The van der Waals surface area contributed by atoms with E-state index in [4.69, 9.17) is 0 Å². The number of hydrogen-bond donors (Lipinski definition) is 1. The molecule has 2 unspecified atom stereocenters. The van der Waals surface area contributed by atoms with Crippen molar-refractivity contribution in [3.8, 4) is 0 Å². The van der Waals surface area contributed by atoms with Crippen LogP contribution in [0.15, 0.2) is 24.3 Å². The highest BCUT2D eigenvalue weighted by molar-refractivity contribution is 5.24. The van der Waals surface area contributed by atoms with E-state index in [0.717, 1.165) is 6.04 Å². The topological polar surface area (TPSA) is 12.0 Å². The van der Waals surface area contributed by atoms with Gasteiger partial charge in [0.25, 0.3) is 0 Å². The molecule has 2 rings (SSSR count). The summed E-state index contributed by atoms with van der Waals surface area (Å²) in [6, 6.07) is 9.73. The van der Waals surface area contributed by atoms with Crippen LogP contribution in [0.5, 0.6) is 0 Å². The number of nitrogens with one attached hydrogen (secondary N) is 1. The van der Waals surface area contributed by atoms with Crippen molar-refractivity contribution in [3.05, 3.63) is 35.4 Å². The van der Waals surface area contributed by atoms with E-state index in [1.54, 1.807) is 0 Å².